The van der Waals surface area contributed by atoms with Crippen LogP contribution in [0.5, 0.6) is 0 Å². The normalized spacial score (nSPS) is 15.2. The highest BCUT2D eigenvalue weighted by atomic mass is 32.1. The Bertz CT molecular complexity index is 1510. The highest BCUT2D eigenvalue weighted by molar-refractivity contribution is 7.17. The number of fused-ring (bicyclic) bond motifs is 2. The molecule has 0 saturated heterocycles. The van der Waals surface area contributed by atoms with Crippen LogP contribution in [0.3, 0.4) is 0 Å². The van der Waals surface area contributed by atoms with E-state index in [-0.39, 0.29) is 32.3 Å². The first kappa shape index (κ1) is 21.0. The third-order valence-corrected chi connectivity index (χ3v) is 6.72. The number of methoxy groups -OCH3 is 1. The van der Waals surface area contributed by atoms with Gasteiger partial charge in [-0.25, -0.2) is 14.2 Å². The molecule has 5 rings (SSSR count). The molecule has 1 atom stereocenters. The molecule has 7 nitrogen and oxygen atoms in total. The molecule has 1 unspecified atom stereocenters. The van der Waals surface area contributed by atoms with Crippen LogP contribution in [0.15, 0.2) is 51.7 Å². The fourth-order valence-corrected chi connectivity index (χ4v) is 4.99. The van der Waals surface area contributed by atoms with E-state index in [2.05, 4.69) is 4.98 Å². The zero-order valence-corrected chi connectivity index (χ0v) is 18.7. The van der Waals surface area contributed by atoms with Crippen molar-refractivity contribution in [3.63, 3.8) is 0 Å². The highest BCUT2D eigenvalue weighted by Gasteiger charge is 2.45. The Kier molecular flexibility index (Phi) is 4.86. The third-order valence-electron chi connectivity index (χ3n) is 5.59. The number of amides is 1. The van der Waals surface area contributed by atoms with Crippen molar-refractivity contribution in [2.24, 2.45) is 0 Å². The lowest BCUT2D eigenvalue weighted by Gasteiger charge is -2.22. The molecule has 9 heteroatoms. The number of carbonyl (C=O) groups is 2. The Balaban J connectivity index is 1.78. The van der Waals surface area contributed by atoms with Gasteiger partial charge in [0.15, 0.2) is 10.6 Å². The van der Waals surface area contributed by atoms with E-state index in [9.17, 15) is 18.8 Å². The number of rotatable bonds is 3. The summed E-state index contributed by atoms with van der Waals surface area (Å²) in [4.78, 5) is 45.2. The van der Waals surface area contributed by atoms with Crippen molar-refractivity contribution in [3.05, 3.63) is 91.5 Å². The molecule has 0 fully saturated rings. The molecule has 0 spiro atoms. The summed E-state index contributed by atoms with van der Waals surface area (Å²) in [6.45, 7) is 3.56. The van der Waals surface area contributed by atoms with Crippen LogP contribution in [0.1, 0.15) is 48.7 Å². The average molecular weight is 464 g/mol. The standard InChI is InChI=1S/C24H17FN2O5S/c1-11-4-6-13(7-5-11)18-17-19(28)15-10-14(25)8-9-16(15)32-20(17)22(29)27(18)24-26-12(2)21(33-24)23(30)31-3/h4-10,18H,1-3H3. The van der Waals surface area contributed by atoms with Crippen LogP contribution in [-0.2, 0) is 4.74 Å². The third kappa shape index (κ3) is 3.23. The van der Waals surface area contributed by atoms with Crippen molar-refractivity contribution < 1.29 is 23.1 Å². The molecule has 0 aliphatic carbocycles. The second kappa shape index (κ2) is 7.63. The minimum atomic E-state index is -0.854. The summed E-state index contributed by atoms with van der Waals surface area (Å²) in [6, 6.07) is 10.1. The van der Waals surface area contributed by atoms with Gasteiger partial charge in [0.05, 0.1) is 29.8 Å². The van der Waals surface area contributed by atoms with Crippen LogP contribution >= 0.6 is 11.3 Å². The number of hydrogen-bond acceptors (Lipinski definition) is 7. The number of halogens is 1. The van der Waals surface area contributed by atoms with Gasteiger partial charge >= 0.3 is 5.97 Å². The van der Waals surface area contributed by atoms with Crippen LogP contribution in [0, 0.1) is 19.7 Å². The number of benzene rings is 2. The average Bonchev–Trinajstić information content (AvgIpc) is 3.32. The largest absolute Gasteiger partial charge is 0.465 e. The molecular formula is C24H17FN2O5S. The van der Waals surface area contributed by atoms with E-state index >= 15 is 0 Å². The lowest BCUT2D eigenvalue weighted by atomic mass is 9.98. The quantitative estimate of drug-likeness (QED) is 0.414. The van der Waals surface area contributed by atoms with Crippen molar-refractivity contribution in [1.82, 2.24) is 4.98 Å². The summed E-state index contributed by atoms with van der Waals surface area (Å²) in [5, 5.41) is 0.274. The number of ether oxygens (including phenoxy) is 1. The maximum atomic E-state index is 13.9. The lowest BCUT2D eigenvalue weighted by Crippen LogP contribution is -2.29. The van der Waals surface area contributed by atoms with E-state index in [1.54, 1.807) is 6.92 Å². The number of esters is 1. The van der Waals surface area contributed by atoms with Gasteiger partial charge in [-0.1, -0.05) is 41.2 Å². The van der Waals surface area contributed by atoms with E-state index < -0.39 is 29.2 Å². The number of nitrogens with zero attached hydrogens (tertiary/aromatic N) is 2. The fraction of sp³-hybridized carbons (Fsp3) is 0.167. The minimum absolute atomic E-state index is 0.0473. The summed E-state index contributed by atoms with van der Waals surface area (Å²) in [5.41, 5.74) is 1.79. The Hall–Kier alpha value is -3.85. The number of thiazole rings is 1. The van der Waals surface area contributed by atoms with E-state index in [0.29, 0.717) is 11.3 Å². The highest BCUT2D eigenvalue weighted by Crippen LogP contribution is 2.43. The molecule has 2 aromatic carbocycles. The second-order valence-electron chi connectivity index (χ2n) is 7.71. The van der Waals surface area contributed by atoms with Gasteiger partial charge in [-0.2, -0.15) is 0 Å². The number of aromatic nitrogens is 1. The predicted octanol–water partition coefficient (Wildman–Crippen LogP) is 4.54. The molecule has 1 aliphatic heterocycles. The van der Waals surface area contributed by atoms with Crippen molar-refractivity contribution in [3.8, 4) is 0 Å². The van der Waals surface area contributed by atoms with E-state index in [0.717, 1.165) is 23.0 Å². The summed E-state index contributed by atoms with van der Waals surface area (Å²) in [5.74, 6) is -1.84. The van der Waals surface area contributed by atoms with Gasteiger partial charge in [0.2, 0.25) is 5.76 Å². The van der Waals surface area contributed by atoms with Gasteiger partial charge < -0.3 is 9.15 Å². The van der Waals surface area contributed by atoms with E-state index in [4.69, 9.17) is 9.15 Å². The summed E-state index contributed by atoms with van der Waals surface area (Å²) < 4.78 is 24.5. The van der Waals surface area contributed by atoms with Gasteiger partial charge in [0.25, 0.3) is 5.91 Å². The first-order valence-electron chi connectivity index (χ1n) is 10.0. The van der Waals surface area contributed by atoms with Crippen LogP contribution in [0.4, 0.5) is 9.52 Å². The first-order valence-corrected chi connectivity index (χ1v) is 10.8. The molecule has 2 aromatic heterocycles. The van der Waals surface area contributed by atoms with Crippen molar-refractivity contribution in [2.75, 3.05) is 12.0 Å². The Morgan fingerprint density at radius 2 is 1.88 bits per heavy atom. The fourth-order valence-electron chi connectivity index (χ4n) is 3.97. The first-order chi connectivity index (χ1) is 15.8. The predicted molar refractivity (Wildman–Crippen MR) is 120 cm³/mol. The maximum absolute atomic E-state index is 13.9. The summed E-state index contributed by atoms with van der Waals surface area (Å²) >= 11 is 0.994. The topological polar surface area (TPSA) is 89.7 Å². The van der Waals surface area contributed by atoms with Crippen molar-refractivity contribution in [1.29, 1.82) is 0 Å². The van der Waals surface area contributed by atoms with E-state index in [1.807, 2.05) is 31.2 Å². The molecule has 166 valence electrons. The van der Waals surface area contributed by atoms with Crippen LogP contribution in [0.2, 0.25) is 0 Å². The molecular weight excluding hydrogens is 447 g/mol. The van der Waals surface area contributed by atoms with Crippen LogP contribution in [-0.4, -0.2) is 24.0 Å². The second-order valence-corrected chi connectivity index (χ2v) is 8.68. The lowest BCUT2D eigenvalue weighted by molar-refractivity contribution is 0.0605. The molecule has 1 amide bonds. The Morgan fingerprint density at radius 1 is 1.15 bits per heavy atom. The molecule has 33 heavy (non-hydrogen) atoms. The number of anilines is 1. The number of aryl methyl sites for hydroxylation is 2. The number of carbonyl (C=O) groups excluding carboxylic acids is 2. The van der Waals surface area contributed by atoms with Crippen LogP contribution in [0.25, 0.3) is 11.0 Å². The monoisotopic (exact) mass is 464 g/mol. The van der Waals surface area contributed by atoms with Crippen molar-refractivity contribution >= 4 is 39.3 Å². The summed E-state index contributed by atoms with van der Waals surface area (Å²) in [6.07, 6.45) is 0. The molecule has 0 bridgehead atoms. The molecule has 0 radical (unpaired) electrons. The van der Waals surface area contributed by atoms with Crippen molar-refractivity contribution in [2.45, 2.75) is 19.9 Å². The maximum Gasteiger partial charge on any atom is 0.350 e. The minimum Gasteiger partial charge on any atom is -0.465 e. The van der Waals surface area contributed by atoms with E-state index in [1.165, 1.54) is 24.1 Å². The molecule has 0 saturated carbocycles. The zero-order valence-electron chi connectivity index (χ0n) is 17.8. The number of hydrogen-bond donors (Lipinski definition) is 0. The SMILES string of the molecule is COC(=O)c1sc(N2C(=O)c3oc4ccc(F)cc4c(=O)c3C2c2ccc(C)cc2)nc1C. The Morgan fingerprint density at radius 3 is 2.58 bits per heavy atom. The Labute approximate surface area is 191 Å². The van der Waals surface area contributed by atoms with Gasteiger partial charge in [0, 0.05) is 0 Å². The smallest absolute Gasteiger partial charge is 0.350 e. The molecule has 1 aliphatic rings. The zero-order chi connectivity index (χ0) is 23.4. The van der Waals surface area contributed by atoms with Gasteiger partial charge in [-0.05, 0) is 37.6 Å². The summed E-state index contributed by atoms with van der Waals surface area (Å²) in [7, 11) is 1.26. The van der Waals surface area contributed by atoms with Crippen LogP contribution < -0.4 is 10.3 Å². The molecule has 0 N–H and O–H groups in total. The molecule has 3 heterocycles. The van der Waals surface area contributed by atoms with Gasteiger partial charge in [-0.15, -0.1) is 0 Å². The van der Waals surface area contributed by atoms with Gasteiger partial charge in [0.1, 0.15) is 16.3 Å². The van der Waals surface area contributed by atoms with Gasteiger partial charge in [-0.3, -0.25) is 14.5 Å². The molecule has 4 aromatic rings.